The number of methoxy groups -OCH3 is 2. The number of hydrogen-bond donors (Lipinski definition) is 2. The van der Waals surface area contributed by atoms with Crippen LogP contribution < -0.4 is 14.8 Å². The number of aryl methyl sites for hydroxylation is 1. The van der Waals surface area contributed by atoms with E-state index in [-0.39, 0.29) is 0 Å². The second kappa shape index (κ2) is 4.99. The van der Waals surface area contributed by atoms with E-state index in [2.05, 4.69) is 5.32 Å². The molecule has 1 aliphatic rings. The third kappa shape index (κ3) is 2.59. The average Bonchev–Trinajstić information content (AvgIpc) is 3.17. The van der Waals surface area contributed by atoms with Gasteiger partial charge in [0.1, 0.15) is 11.5 Å². The molecule has 19 heavy (non-hydrogen) atoms. The van der Waals surface area contributed by atoms with Crippen molar-refractivity contribution < 1.29 is 19.4 Å². The van der Waals surface area contributed by atoms with Crippen LogP contribution in [0.4, 0.5) is 5.69 Å². The van der Waals surface area contributed by atoms with Gasteiger partial charge in [0.2, 0.25) is 0 Å². The van der Waals surface area contributed by atoms with Crippen molar-refractivity contribution in [2.45, 2.75) is 19.8 Å². The largest absolute Gasteiger partial charge is 0.497 e. The number of rotatable bonds is 6. The van der Waals surface area contributed by atoms with Crippen molar-refractivity contribution in [1.29, 1.82) is 0 Å². The van der Waals surface area contributed by atoms with Crippen LogP contribution in [0, 0.1) is 12.3 Å². The minimum absolute atomic E-state index is 0.422. The lowest BCUT2D eigenvalue weighted by atomic mass is 10.1. The number of aliphatic carboxylic acids is 1. The normalized spacial score (nSPS) is 15.7. The molecule has 0 bridgehead atoms. The standard InChI is InChI=1S/C14H19NO4/c1-9-6-10(18-2)7-11(19-3)12(9)15-8-14(4-5-14)13(16)17/h6-7,15H,4-5,8H2,1-3H3,(H,16,17). The first-order valence-electron chi connectivity index (χ1n) is 6.22. The van der Waals surface area contributed by atoms with Crippen LogP contribution in [0.5, 0.6) is 11.5 Å². The summed E-state index contributed by atoms with van der Waals surface area (Å²) in [6.07, 6.45) is 1.46. The van der Waals surface area contributed by atoms with Crippen LogP contribution in [-0.2, 0) is 4.79 Å². The van der Waals surface area contributed by atoms with Crippen molar-refractivity contribution in [1.82, 2.24) is 0 Å². The number of carbonyl (C=O) groups is 1. The molecular formula is C14H19NO4. The van der Waals surface area contributed by atoms with E-state index in [0.29, 0.717) is 12.3 Å². The Bertz CT molecular complexity index is 494. The Labute approximate surface area is 112 Å². The molecule has 0 atom stereocenters. The Hall–Kier alpha value is -1.91. The van der Waals surface area contributed by atoms with Gasteiger partial charge in [0.25, 0.3) is 0 Å². The first-order valence-corrected chi connectivity index (χ1v) is 6.22. The molecule has 2 rings (SSSR count). The molecule has 0 aromatic heterocycles. The summed E-state index contributed by atoms with van der Waals surface area (Å²) in [7, 11) is 3.19. The highest BCUT2D eigenvalue weighted by molar-refractivity contribution is 5.79. The van der Waals surface area contributed by atoms with E-state index in [1.807, 2.05) is 13.0 Å². The zero-order chi connectivity index (χ0) is 14.0. The van der Waals surface area contributed by atoms with Crippen LogP contribution in [0.1, 0.15) is 18.4 Å². The molecule has 104 valence electrons. The van der Waals surface area contributed by atoms with Gasteiger partial charge in [0.05, 0.1) is 25.3 Å². The minimum Gasteiger partial charge on any atom is -0.497 e. The summed E-state index contributed by atoms with van der Waals surface area (Å²) in [6, 6.07) is 3.68. The number of anilines is 1. The lowest BCUT2D eigenvalue weighted by Crippen LogP contribution is -2.24. The highest BCUT2D eigenvalue weighted by Crippen LogP contribution is 2.46. The van der Waals surface area contributed by atoms with Gasteiger partial charge in [-0.05, 0) is 31.4 Å². The van der Waals surface area contributed by atoms with Gasteiger partial charge in [-0.25, -0.2) is 0 Å². The van der Waals surface area contributed by atoms with E-state index in [1.54, 1.807) is 20.3 Å². The molecule has 1 saturated carbocycles. The van der Waals surface area contributed by atoms with E-state index in [1.165, 1.54) is 0 Å². The Balaban J connectivity index is 2.18. The summed E-state index contributed by atoms with van der Waals surface area (Å²) >= 11 is 0. The fourth-order valence-electron chi connectivity index (χ4n) is 2.10. The molecule has 0 heterocycles. The third-order valence-corrected chi connectivity index (χ3v) is 3.64. The smallest absolute Gasteiger partial charge is 0.311 e. The number of benzene rings is 1. The van der Waals surface area contributed by atoms with Crippen molar-refractivity contribution in [3.63, 3.8) is 0 Å². The Morgan fingerprint density at radius 2 is 2.05 bits per heavy atom. The Morgan fingerprint density at radius 1 is 1.37 bits per heavy atom. The zero-order valence-corrected chi connectivity index (χ0v) is 11.4. The molecule has 0 unspecified atom stereocenters. The van der Waals surface area contributed by atoms with E-state index in [9.17, 15) is 4.79 Å². The lowest BCUT2D eigenvalue weighted by molar-refractivity contribution is -0.142. The van der Waals surface area contributed by atoms with Crippen LogP contribution in [0.3, 0.4) is 0 Å². The molecule has 0 spiro atoms. The molecule has 0 aliphatic heterocycles. The van der Waals surface area contributed by atoms with E-state index in [0.717, 1.165) is 29.8 Å². The molecule has 5 nitrogen and oxygen atoms in total. The molecule has 1 aliphatic carbocycles. The lowest BCUT2D eigenvalue weighted by Gasteiger charge is -2.18. The third-order valence-electron chi connectivity index (χ3n) is 3.64. The molecule has 1 fully saturated rings. The minimum atomic E-state index is -0.731. The summed E-state index contributed by atoms with van der Waals surface area (Å²) < 4.78 is 10.5. The van der Waals surface area contributed by atoms with Gasteiger partial charge < -0.3 is 19.9 Å². The van der Waals surface area contributed by atoms with Crippen molar-refractivity contribution >= 4 is 11.7 Å². The van der Waals surface area contributed by atoms with Crippen molar-refractivity contribution in [3.05, 3.63) is 17.7 Å². The number of ether oxygens (including phenoxy) is 2. The quantitative estimate of drug-likeness (QED) is 0.826. The fraction of sp³-hybridized carbons (Fsp3) is 0.500. The molecule has 1 aromatic rings. The summed E-state index contributed by atoms with van der Waals surface area (Å²) in [5, 5.41) is 12.4. The van der Waals surface area contributed by atoms with Gasteiger partial charge in [-0.15, -0.1) is 0 Å². The van der Waals surface area contributed by atoms with Gasteiger partial charge >= 0.3 is 5.97 Å². The molecule has 2 N–H and O–H groups in total. The maximum atomic E-state index is 11.2. The maximum absolute atomic E-state index is 11.2. The highest BCUT2D eigenvalue weighted by atomic mass is 16.5. The zero-order valence-electron chi connectivity index (χ0n) is 11.4. The second-order valence-corrected chi connectivity index (χ2v) is 4.96. The Kier molecular flexibility index (Phi) is 3.55. The maximum Gasteiger partial charge on any atom is 0.311 e. The predicted octanol–water partition coefficient (Wildman–Crippen LogP) is 2.29. The molecular weight excluding hydrogens is 246 g/mol. The van der Waals surface area contributed by atoms with Crippen LogP contribution in [0.25, 0.3) is 0 Å². The molecule has 5 heteroatoms. The topological polar surface area (TPSA) is 67.8 Å². The second-order valence-electron chi connectivity index (χ2n) is 4.96. The number of carboxylic acid groups (broad SMARTS) is 1. The van der Waals surface area contributed by atoms with Crippen molar-refractivity contribution in [3.8, 4) is 11.5 Å². The fourth-order valence-corrected chi connectivity index (χ4v) is 2.10. The first-order chi connectivity index (χ1) is 9.02. The summed E-state index contributed by atoms with van der Waals surface area (Å²) in [5.41, 5.74) is 1.20. The van der Waals surface area contributed by atoms with Crippen molar-refractivity contribution in [2.75, 3.05) is 26.1 Å². The molecule has 0 saturated heterocycles. The van der Waals surface area contributed by atoms with Crippen LogP contribution in [0.15, 0.2) is 12.1 Å². The average molecular weight is 265 g/mol. The number of hydrogen-bond acceptors (Lipinski definition) is 4. The van der Waals surface area contributed by atoms with Crippen LogP contribution in [0.2, 0.25) is 0 Å². The van der Waals surface area contributed by atoms with Crippen LogP contribution >= 0.6 is 0 Å². The summed E-state index contributed by atoms with van der Waals surface area (Å²) in [6.45, 7) is 2.36. The first kappa shape index (κ1) is 13.5. The van der Waals surface area contributed by atoms with E-state index >= 15 is 0 Å². The summed E-state index contributed by atoms with van der Waals surface area (Å²) in [5.74, 6) is 0.655. The summed E-state index contributed by atoms with van der Waals surface area (Å²) in [4.78, 5) is 11.2. The predicted molar refractivity (Wildman–Crippen MR) is 72.1 cm³/mol. The monoisotopic (exact) mass is 265 g/mol. The highest BCUT2D eigenvalue weighted by Gasteiger charge is 2.50. The van der Waals surface area contributed by atoms with E-state index in [4.69, 9.17) is 14.6 Å². The van der Waals surface area contributed by atoms with E-state index < -0.39 is 11.4 Å². The van der Waals surface area contributed by atoms with Gasteiger partial charge in [-0.1, -0.05) is 0 Å². The molecule has 0 amide bonds. The number of nitrogens with one attached hydrogen (secondary N) is 1. The van der Waals surface area contributed by atoms with Gasteiger partial charge in [-0.2, -0.15) is 0 Å². The SMILES string of the molecule is COc1cc(C)c(NCC2(C(=O)O)CC2)c(OC)c1. The van der Waals surface area contributed by atoms with Gasteiger partial charge in [0.15, 0.2) is 0 Å². The molecule has 1 aromatic carbocycles. The van der Waals surface area contributed by atoms with Gasteiger partial charge in [-0.3, -0.25) is 4.79 Å². The van der Waals surface area contributed by atoms with Crippen molar-refractivity contribution in [2.24, 2.45) is 5.41 Å². The van der Waals surface area contributed by atoms with Crippen LogP contribution in [-0.4, -0.2) is 31.8 Å². The Morgan fingerprint density at radius 3 is 2.53 bits per heavy atom. The molecule has 0 radical (unpaired) electrons. The number of carboxylic acids is 1. The van der Waals surface area contributed by atoms with Gasteiger partial charge in [0, 0.05) is 12.6 Å².